The lowest BCUT2D eigenvalue weighted by Crippen LogP contribution is -2.22. The number of ether oxygens (including phenoxy) is 2. The topological polar surface area (TPSA) is 21.8 Å². The number of rotatable bonds is 5. The predicted octanol–water partition coefficient (Wildman–Crippen LogP) is 4.19. The maximum absolute atomic E-state index is 5.80. The Bertz CT molecular complexity index is 389. The highest BCUT2D eigenvalue weighted by Crippen LogP contribution is 2.45. The molecule has 94 valence electrons. The van der Waals surface area contributed by atoms with E-state index in [4.69, 9.17) is 9.47 Å². The summed E-state index contributed by atoms with van der Waals surface area (Å²) in [5, 5.41) is 0. The molecule has 0 aliphatic carbocycles. The van der Waals surface area contributed by atoms with Crippen LogP contribution in [0.2, 0.25) is 0 Å². The summed E-state index contributed by atoms with van der Waals surface area (Å²) in [4.78, 5) is 0. The molecule has 1 aromatic carbocycles. The van der Waals surface area contributed by atoms with E-state index in [1.807, 2.05) is 18.2 Å². The normalized spacial score (nSPS) is 22.3. The van der Waals surface area contributed by atoms with Crippen LogP contribution >= 0.6 is 47.8 Å². The van der Waals surface area contributed by atoms with Gasteiger partial charge in [-0.2, -0.15) is 0 Å². The van der Waals surface area contributed by atoms with Crippen molar-refractivity contribution in [3.63, 3.8) is 0 Å². The zero-order valence-corrected chi connectivity index (χ0v) is 14.1. The fraction of sp³-hybridized carbons (Fsp3) is 0.500. The highest BCUT2D eigenvalue weighted by atomic mass is 79.9. The van der Waals surface area contributed by atoms with Gasteiger partial charge in [-0.15, -0.1) is 0 Å². The molecule has 1 heterocycles. The largest absolute Gasteiger partial charge is 0.490 e. The van der Waals surface area contributed by atoms with Crippen molar-refractivity contribution in [3.8, 4) is 5.75 Å². The Balaban J connectivity index is 2.19. The Kier molecular flexibility index (Phi) is 4.55. The first-order valence-corrected chi connectivity index (χ1v) is 7.95. The predicted molar refractivity (Wildman–Crippen MR) is 79.6 cm³/mol. The molecule has 0 aromatic heterocycles. The van der Waals surface area contributed by atoms with Crippen LogP contribution in [-0.4, -0.2) is 23.1 Å². The van der Waals surface area contributed by atoms with E-state index in [0.29, 0.717) is 6.61 Å². The van der Waals surface area contributed by atoms with Gasteiger partial charge in [-0.25, -0.2) is 0 Å². The molecule has 1 aliphatic rings. The quantitative estimate of drug-likeness (QED) is 0.518. The minimum Gasteiger partial charge on any atom is -0.490 e. The molecular weight excluding hydrogens is 416 g/mol. The Morgan fingerprint density at radius 1 is 1.47 bits per heavy atom. The van der Waals surface area contributed by atoms with Crippen LogP contribution in [0, 0.1) is 0 Å². The third kappa shape index (κ3) is 3.46. The molecule has 1 fully saturated rings. The summed E-state index contributed by atoms with van der Waals surface area (Å²) in [7, 11) is 0. The van der Waals surface area contributed by atoms with Gasteiger partial charge in [-0.05, 0) is 13.0 Å². The monoisotopic (exact) mass is 426 g/mol. The van der Waals surface area contributed by atoms with Crippen LogP contribution in [0.5, 0.6) is 5.75 Å². The van der Waals surface area contributed by atoms with Crippen LogP contribution in [0.1, 0.15) is 12.5 Å². The van der Waals surface area contributed by atoms with Gasteiger partial charge in [0.2, 0.25) is 0 Å². The first-order chi connectivity index (χ1) is 8.01. The molecule has 1 aliphatic heterocycles. The fourth-order valence-electron chi connectivity index (χ4n) is 1.46. The van der Waals surface area contributed by atoms with Crippen LogP contribution in [0.4, 0.5) is 0 Å². The average Bonchev–Trinajstić information content (AvgIpc) is 3.10. The number of alkyl halides is 3. The number of hydrogen-bond acceptors (Lipinski definition) is 2. The first-order valence-electron chi connectivity index (χ1n) is 5.33. The number of hydrogen-bond donors (Lipinski definition) is 0. The standard InChI is InChI=1S/C12H13Br3O2/c1-12(15,11(13)14)9-4-2-3-5-10(9)17-7-8-6-16-8/h2-5,8,11H,6-7H2,1H3. The second-order valence-corrected chi connectivity index (χ2v) is 8.85. The van der Waals surface area contributed by atoms with Crippen LogP contribution in [-0.2, 0) is 9.06 Å². The van der Waals surface area contributed by atoms with Crippen LogP contribution < -0.4 is 4.74 Å². The van der Waals surface area contributed by atoms with Gasteiger partial charge < -0.3 is 9.47 Å². The molecule has 0 N–H and O–H groups in total. The SMILES string of the molecule is CC(Br)(c1ccccc1OCC1CO1)C(Br)Br. The molecule has 0 bridgehead atoms. The van der Waals surface area contributed by atoms with Crippen molar-refractivity contribution < 1.29 is 9.47 Å². The second-order valence-electron chi connectivity index (χ2n) is 4.14. The number of para-hydroxylation sites is 1. The van der Waals surface area contributed by atoms with Gasteiger partial charge in [0.1, 0.15) is 18.5 Å². The first kappa shape index (κ1) is 13.8. The van der Waals surface area contributed by atoms with Gasteiger partial charge in [0.05, 0.1) is 14.7 Å². The molecule has 5 heteroatoms. The Labute approximate surface area is 126 Å². The van der Waals surface area contributed by atoms with Crippen molar-refractivity contribution in [2.24, 2.45) is 0 Å². The minimum absolute atomic E-state index is 0.115. The van der Waals surface area contributed by atoms with Gasteiger partial charge >= 0.3 is 0 Å². The zero-order valence-electron chi connectivity index (χ0n) is 9.33. The maximum atomic E-state index is 5.80. The van der Waals surface area contributed by atoms with Crippen LogP contribution in [0.15, 0.2) is 24.3 Å². The zero-order chi connectivity index (χ0) is 12.5. The molecule has 1 aromatic rings. The third-order valence-corrected chi connectivity index (χ3v) is 6.60. The van der Waals surface area contributed by atoms with Crippen molar-refractivity contribution in [1.29, 1.82) is 0 Å². The summed E-state index contributed by atoms with van der Waals surface area (Å²) in [6.07, 6.45) is 0.272. The highest BCUT2D eigenvalue weighted by molar-refractivity contribution is 9.25. The summed E-state index contributed by atoms with van der Waals surface area (Å²) >= 11 is 10.8. The number of epoxide rings is 1. The van der Waals surface area contributed by atoms with E-state index in [1.165, 1.54) is 0 Å². The molecule has 0 spiro atoms. The summed E-state index contributed by atoms with van der Waals surface area (Å²) in [5.41, 5.74) is 1.11. The summed E-state index contributed by atoms with van der Waals surface area (Å²) < 4.78 is 10.8. The molecule has 0 amide bonds. The smallest absolute Gasteiger partial charge is 0.124 e. The molecular formula is C12H13Br3O2. The van der Waals surface area contributed by atoms with Gasteiger partial charge in [-0.3, -0.25) is 0 Å². The van der Waals surface area contributed by atoms with Crippen molar-refractivity contribution in [1.82, 2.24) is 0 Å². The van der Waals surface area contributed by atoms with E-state index in [0.717, 1.165) is 17.9 Å². The number of halogens is 3. The Morgan fingerprint density at radius 3 is 2.71 bits per heavy atom. The average molecular weight is 429 g/mol. The van der Waals surface area contributed by atoms with E-state index in [2.05, 4.69) is 60.8 Å². The van der Waals surface area contributed by atoms with E-state index >= 15 is 0 Å². The lowest BCUT2D eigenvalue weighted by Gasteiger charge is -2.27. The molecule has 0 saturated carbocycles. The molecule has 2 rings (SSSR count). The van der Waals surface area contributed by atoms with Crippen LogP contribution in [0.3, 0.4) is 0 Å². The van der Waals surface area contributed by atoms with Gasteiger partial charge in [0, 0.05) is 5.56 Å². The highest BCUT2D eigenvalue weighted by Gasteiger charge is 2.33. The Hall–Kier alpha value is 0.420. The van der Waals surface area contributed by atoms with Crippen LogP contribution in [0.25, 0.3) is 0 Å². The molecule has 2 nitrogen and oxygen atoms in total. The maximum Gasteiger partial charge on any atom is 0.124 e. The lowest BCUT2D eigenvalue weighted by atomic mass is 10.0. The van der Waals surface area contributed by atoms with E-state index < -0.39 is 0 Å². The van der Waals surface area contributed by atoms with Gasteiger partial charge in [0.15, 0.2) is 0 Å². The van der Waals surface area contributed by atoms with Crippen molar-refractivity contribution in [2.75, 3.05) is 13.2 Å². The van der Waals surface area contributed by atoms with E-state index in [9.17, 15) is 0 Å². The summed E-state index contributed by atoms with van der Waals surface area (Å²) in [6, 6.07) is 8.04. The molecule has 1 saturated heterocycles. The number of benzene rings is 1. The van der Waals surface area contributed by atoms with E-state index in [-0.39, 0.29) is 14.2 Å². The Morgan fingerprint density at radius 2 is 2.12 bits per heavy atom. The van der Waals surface area contributed by atoms with E-state index in [1.54, 1.807) is 0 Å². The molecule has 2 atom stereocenters. The molecule has 2 unspecified atom stereocenters. The summed E-state index contributed by atoms with van der Waals surface area (Å²) in [6.45, 7) is 3.53. The fourth-order valence-corrected chi connectivity index (χ4v) is 2.28. The van der Waals surface area contributed by atoms with Gasteiger partial charge in [0.25, 0.3) is 0 Å². The molecule has 0 radical (unpaired) electrons. The lowest BCUT2D eigenvalue weighted by molar-refractivity contribution is 0.260. The third-order valence-electron chi connectivity index (χ3n) is 2.65. The minimum atomic E-state index is -0.228. The van der Waals surface area contributed by atoms with Crippen molar-refractivity contribution >= 4 is 47.8 Å². The van der Waals surface area contributed by atoms with Crippen molar-refractivity contribution in [2.45, 2.75) is 21.1 Å². The second kappa shape index (κ2) is 5.59. The molecule has 17 heavy (non-hydrogen) atoms. The summed E-state index contributed by atoms with van der Waals surface area (Å²) in [5.74, 6) is 0.895. The van der Waals surface area contributed by atoms with Gasteiger partial charge in [-0.1, -0.05) is 66.0 Å². The van der Waals surface area contributed by atoms with Crippen molar-refractivity contribution in [3.05, 3.63) is 29.8 Å².